The first kappa shape index (κ1) is 18.0. The van der Waals surface area contributed by atoms with Crippen molar-refractivity contribution >= 4 is 37.7 Å². The van der Waals surface area contributed by atoms with E-state index in [1.165, 1.54) is 0 Å². The van der Waals surface area contributed by atoms with E-state index in [1.54, 1.807) is 6.08 Å². The van der Waals surface area contributed by atoms with Crippen molar-refractivity contribution in [2.24, 2.45) is 0 Å². The Morgan fingerprint density at radius 1 is 1.28 bits per heavy atom. The number of aryl methyl sites for hydroxylation is 1. The second-order valence-electron chi connectivity index (χ2n) is 5.86. The fourth-order valence-corrected chi connectivity index (χ4v) is 4.59. The van der Waals surface area contributed by atoms with Crippen LogP contribution < -0.4 is 10.5 Å². The van der Waals surface area contributed by atoms with Crippen molar-refractivity contribution < 1.29 is 4.74 Å². The first-order chi connectivity index (χ1) is 12.1. The zero-order chi connectivity index (χ0) is 18.0. The van der Waals surface area contributed by atoms with E-state index in [0.29, 0.717) is 23.7 Å². The van der Waals surface area contributed by atoms with Gasteiger partial charge in [-0.05, 0) is 80.8 Å². The molecule has 0 bridgehead atoms. The highest BCUT2D eigenvalue weighted by molar-refractivity contribution is 9.11. The summed E-state index contributed by atoms with van der Waals surface area (Å²) in [5.41, 5.74) is 10.5. The Morgan fingerprint density at radius 3 is 2.60 bits per heavy atom. The molecule has 4 nitrogen and oxygen atoms in total. The Hall–Kier alpha value is -1.84. The van der Waals surface area contributed by atoms with Crippen LogP contribution in [0.1, 0.15) is 29.7 Å². The molecule has 3 rings (SSSR count). The van der Waals surface area contributed by atoms with Crippen LogP contribution in [0.15, 0.2) is 33.7 Å². The summed E-state index contributed by atoms with van der Waals surface area (Å²) in [7, 11) is 0. The summed E-state index contributed by atoms with van der Waals surface area (Å²) >= 11 is 7.13. The lowest BCUT2D eigenvalue weighted by atomic mass is 9.86. The van der Waals surface area contributed by atoms with Crippen LogP contribution in [0.5, 0.6) is 5.75 Å². The van der Waals surface area contributed by atoms with Crippen molar-refractivity contribution in [1.29, 1.82) is 5.26 Å². The minimum atomic E-state index is 0.303. The van der Waals surface area contributed by atoms with E-state index in [9.17, 15) is 5.26 Å². The predicted octanol–water partition coefficient (Wildman–Crippen LogP) is 5.17. The molecule has 1 heterocycles. The Labute approximate surface area is 164 Å². The van der Waals surface area contributed by atoms with Gasteiger partial charge in [0.15, 0.2) is 0 Å². The average molecular weight is 463 g/mol. The number of fused-ring (bicyclic) bond motifs is 1. The van der Waals surface area contributed by atoms with Gasteiger partial charge < -0.3 is 10.5 Å². The molecule has 25 heavy (non-hydrogen) atoms. The molecule has 0 saturated carbocycles. The molecule has 0 atom stereocenters. The Morgan fingerprint density at radius 2 is 1.96 bits per heavy atom. The fourth-order valence-electron chi connectivity index (χ4n) is 3.18. The number of nitrogen functional groups attached to an aromatic ring is 1. The van der Waals surface area contributed by atoms with Crippen molar-refractivity contribution in [3.63, 3.8) is 0 Å². The number of halogens is 2. The third kappa shape index (κ3) is 3.44. The predicted molar refractivity (Wildman–Crippen MR) is 107 cm³/mol. The third-order valence-electron chi connectivity index (χ3n) is 4.25. The normalized spacial score (nSPS) is 13.0. The fraction of sp³-hybridized carbons (Fsp3) is 0.263. The van der Waals surface area contributed by atoms with Crippen LogP contribution in [0.25, 0.3) is 11.1 Å². The summed E-state index contributed by atoms with van der Waals surface area (Å²) in [5, 5.41) is 9.64. The number of nitriles is 1. The highest BCUT2D eigenvalue weighted by Gasteiger charge is 2.23. The number of hydrogen-bond donors (Lipinski definition) is 1. The Bertz CT molecular complexity index is 864. The van der Waals surface area contributed by atoms with E-state index in [2.05, 4.69) is 49.5 Å². The lowest BCUT2D eigenvalue weighted by Gasteiger charge is -2.21. The summed E-state index contributed by atoms with van der Waals surface area (Å²) in [6.07, 6.45) is 5.71. The standard InChI is InChI=1S/C19H17Br2N3O/c1-2-7-25-18-14(20)8-11(9-15(18)21)17-12-5-3-4-6-16(12)24-19(23)13(17)10-22/h2,8-9H,1,3-7H2,(H2,23,24). The van der Waals surface area contributed by atoms with Gasteiger partial charge in [-0.15, -0.1) is 0 Å². The van der Waals surface area contributed by atoms with Gasteiger partial charge in [0.05, 0.1) is 8.95 Å². The van der Waals surface area contributed by atoms with Gasteiger partial charge in [0.1, 0.15) is 29.8 Å². The number of aromatic nitrogens is 1. The third-order valence-corrected chi connectivity index (χ3v) is 5.42. The first-order valence-corrected chi connectivity index (χ1v) is 9.59. The van der Waals surface area contributed by atoms with Crippen LogP contribution in [-0.4, -0.2) is 11.6 Å². The van der Waals surface area contributed by atoms with E-state index < -0.39 is 0 Å². The van der Waals surface area contributed by atoms with Gasteiger partial charge in [0.25, 0.3) is 0 Å². The zero-order valence-corrected chi connectivity index (χ0v) is 16.8. The number of ether oxygens (including phenoxy) is 1. The molecule has 6 heteroatoms. The molecule has 0 aliphatic heterocycles. The van der Waals surface area contributed by atoms with Gasteiger partial charge in [0.2, 0.25) is 0 Å². The topological polar surface area (TPSA) is 71.9 Å². The number of hydrogen-bond acceptors (Lipinski definition) is 4. The van der Waals surface area contributed by atoms with Crippen molar-refractivity contribution in [3.8, 4) is 22.9 Å². The van der Waals surface area contributed by atoms with E-state index >= 15 is 0 Å². The molecule has 2 N–H and O–H groups in total. The van der Waals surface area contributed by atoms with Crippen molar-refractivity contribution in [2.75, 3.05) is 12.3 Å². The molecule has 1 aromatic carbocycles. The van der Waals surface area contributed by atoms with Crippen molar-refractivity contribution in [3.05, 3.63) is 50.6 Å². The molecule has 1 aliphatic carbocycles. The van der Waals surface area contributed by atoms with Crippen LogP contribution in [0.2, 0.25) is 0 Å². The van der Waals surface area contributed by atoms with E-state index in [-0.39, 0.29) is 0 Å². The molecule has 0 saturated heterocycles. The summed E-state index contributed by atoms with van der Waals surface area (Å²) < 4.78 is 7.30. The van der Waals surface area contributed by atoms with Crippen LogP contribution in [0.4, 0.5) is 5.82 Å². The summed E-state index contributed by atoms with van der Waals surface area (Å²) in [5.74, 6) is 1.01. The summed E-state index contributed by atoms with van der Waals surface area (Å²) in [6.45, 7) is 4.08. The highest BCUT2D eigenvalue weighted by atomic mass is 79.9. The molecular weight excluding hydrogens is 446 g/mol. The average Bonchev–Trinajstić information content (AvgIpc) is 2.59. The second-order valence-corrected chi connectivity index (χ2v) is 7.57. The van der Waals surface area contributed by atoms with Gasteiger partial charge in [-0.1, -0.05) is 12.7 Å². The first-order valence-electron chi connectivity index (χ1n) is 8.01. The van der Waals surface area contributed by atoms with E-state index in [4.69, 9.17) is 10.5 Å². The number of rotatable bonds is 4. The zero-order valence-electron chi connectivity index (χ0n) is 13.6. The smallest absolute Gasteiger partial charge is 0.148 e. The number of benzene rings is 1. The van der Waals surface area contributed by atoms with Crippen LogP contribution in [0.3, 0.4) is 0 Å². The largest absolute Gasteiger partial charge is 0.487 e. The maximum Gasteiger partial charge on any atom is 0.148 e. The molecule has 1 aliphatic rings. The van der Waals surface area contributed by atoms with Crippen molar-refractivity contribution in [1.82, 2.24) is 4.98 Å². The molecule has 128 valence electrons. The Kier molecular flexibility index (Phi) is 5.45. The number of pyridine rings is 1. The maximum atomic E-state index is 9.64. The number of nitrogens with zero attached hydrogens (tertiary/aromatic N) is 2. The monoisotopic (exact) mass is 461 g/mol. The van der Waals surface area contributed by atoms with Gasteiger partial charge in [-0.3, -0.25) is 0 Å². The van der Waals surface area contributed by atoms with Gasteiger partial charge in [-0.25, -0.2) is 4.98 Å². The number of anilines is 1. The molecule has 2 aromatic rings. The maximum absolute atomic E-state index is 9.64. The van der Waals surface area contributed by atoms with Crippen LogP contribution in [0, 0.1) is 11.3 Å². The summed E-state index contributed by atoms with van der Waals surface area (Å²) in [4.78, 5) is 4.47. The molecule has 1 aromatic heterocycles. The summed E-state index contributed by atoms with van der Waals surface area (Å²) in [6, 6.07) is 6.17. The lowest BCUT2D eigenvalue weighted by molar-refractivity contribution is 0.358. The van der Waals surface area contributed by atoms with Gasteiger partial charge in [0, 0.05) is 11.3 Å². The quantitative estimate of drug-likeness (QED) is 0.636. The van der Waals surface area contributed by atoms with Crippen LogP contribution in [-0.2, 0) is 12.8 Å². The Balaban J connectivity index is 2.21. The van der Waals surface area contributed by atoms with Crippen molar-refractivity contribution in [2.45, 2.75) is 25.7 Å². The van der Waals surface area contributed by atoms with E-state index in [0.717, 1.165) is 57.0 Å². The molecule has 0 unspecified atom stereocenters. The minimum absolute atomic E-state index is 0.303. The minimum Gasteiger partial charge on any atom is -0.487 e. The van der Waals surface area contributed by atoms with Gasteiger partial charge >= 0.3 is 0 Å². The number of nitrogens with two attached hydrogens (primary N) is 1. The molecule has 0 radical (unpaired) electrons. The lowest BCUT2D eigenvalue weighted by Crippen LogP contribution is -2.12. The van der Waals surface area contributed by atoms with E-state index in [1.807, 2.05) is 12.1 Å². The molecule has 0 amide bonds. The molecule has 0 fully saturated rings. The SMILES string of the molecule is C=CCOc1c(Br)cc(-c2c(C#N)c(N)nc3c2CCCC3)cc1Br. The molecular formula is C19H17Br2N3O. The highest BCUT2D eigenvalue weighted by Crippen LogP contribution is 2.42. The molecule has 0 spiro atoms. The van der Waals surface area contributed by atoms with Gasteiger partial charge in [-0.2, -0.15) is 5.26 Å². The van der Waals surface area contributed by atoms with Crippen LogP contribution >= 0.6 is 31.9 Å². The second kappa shape index (κ2) is 7.59.